The van der Waals surface area contributed by atoms with Crippen molar-refractivity contribution in [3.05, 3.63) is 133 Å². The fourth-order valence-corrected chi connectivity index (χ4v) is 7.82. The van der Waals surface area contributed by atoms with Gasteiger partial charge in [-0.1, -0.05) is 66.7 Å². The van der Waals surface area contributed by atoms with Gasteiger partial charge in [0.2, 0.25) is 0 Å². The summed E-state index contributed by atoms with van der Waals surface area (Å²) in [6, 6.07) is 34.7. The van der Waals surface area contributed by atoms with E-state index in [0.717, 1.165) is 65.2 Å². The van der Waals surface area contributed by atoms with Crippen LogP contribution in [0.1, 0.15) is 10.4 Å². The first kappa shape index (κ1) is 28.3. The number of hydrogen-bond acceptors (Lipinski definition) is 5. The Morgan fingerprint density at radius 3 is 2.27 bits per heavy atom. The number of alkyl halides is 3. The van der Waals surface area contributed by atoms with Crippen molar-refractivity contribution < 1.29 is 18.0 Å². The minimum absolute atomic E-state index is 0.385. The second-order valence-electron chi connectivity index (χ2n) is 11.6. The Hall–Kier alpha value is -5.93. The Kier molecular flexibility index (Phi) is 6.22. The average molecular weight is 651 g/mol. The quantitative estimate of drug-likeness (QED) is 0.178. The number of halogens is 3. The zero-order valence-corrected chi connectivity index (χ0v) is 25.7. The molecule has 0 aliphatic rings. The van der Waals surface area contributed by atoms with Crippen LogP contribution in [0.2, 0.25) is 0 Å². The first-order chi connectivity index (χ1) is 23.3. The van der Waals surface area contributed by atoms with E-state index in [-0.39, 0.29) is 5.56 Å². The molecule has 0 radical (unpaired) electrons. The van der Waals surface area contributed by atoms with Gasteiger partial charge in [-0.3, -0.25) is 9.78 Å². The molecule has 4 aromatic heterocycles. The number of benzene rings is 5. The lowest BCUT2D eigenvalue weighted by Gasteiger charge is -2.11. The van der Waals surface area contributed by atoms with Gasteiger partial charge < -0.3 is 4.57 Å². The molecule has 0 saturated carbocycles. The van der Waals surface area contributed by atoms with Crippen molar-refractivity contribution in [3.8, 4) is 27.9 Å². The van der Waals surface area contributed by atoms with Crippen LogP contribution < -0.4 is 0 Å². The Balaban J connectivity index is 1.25. The number of rotatable bonds is 4. The summed E-state index contributed by atoms with van der Waals surface area (Å²) in [7, 11) is 0. The molecular formula is C39H21F3N4OS. The van der Waals surface area contributed by atoms with Gasteiger partial charge in [-0.05, 0) is 59.2 Å². The molecule has 0 bridgehead atoms. The van der Waals surface area contributed by atoms with Crippen LogP contribution in [0.15, 0.2) is 128 Å². The molecule has 230 valence electrons. The number of fused-ring (bicyclic) bond motifs is 8. The number of hydrogen-bond donors (Lipinski definition) is 0. The fourth-order valence-electron chi connectivity index (χ4n) is 6.58. The Bertz CT molecular complexity index is 2750. The molecule has 0 unspecified atom stereocenters. The highest BCUT2D eigenvalue weighted by Crippen LogP contribution is 2.44. The number of pyridine rings is 1. The van der Waals surface area contributed by atoms with Crippen LogP contribution in [0.4, 0.5) is 13.2 Å². The Labute approximate surface area is 274 Å². The average Bonchev–Trinajstić information content (AvgIpc) is 3.66. The second kappa shape index (κ2) is 10.5. The molecule has 0 spiro atoms. The lowest BCUT2D eigenvalue weighted by molar-refractivity contribution is -0.0885. The molecular weight excluding hydrogens is 630 g/mol. The van der Waals surface area contributed by atoms with Gasteiger partial charge in [-0.15, -0.1) is 11.3 Å². The van der Waals surface area contributed by atoms with Crippen LogP contribution in [-0.4, -0.2) is 31.7 Å². The minimum Gasteiger partial charge on any atom is -0.308 e. The first-order valence-corrected chi connectivity index (χ1v) is 15.9. The molecule has 9 aromatic rings. The van der Waals surface area contributed by atoms with Crippen LogP contribution in [0.5, 0.6) is 0 Å². The third kappa shape index (κ3) is 4.46. The number of ketones is 1. The van der Waals surface area contributed by atoms with E-state index in [1.807, 2.05) is 42.6 Å². The zero-order chi connectivity index (χ0) is 32.6. The third-order valence-electron chi connectivity index (χ3n) is 8.84. The molecule has 9 rings (SSSR count). The summed E-state index contributed by atoms with van der Waals surface area (Å²) in [5.41, 5.74) is 6.61. The molecule has 0 saturated heterocycles. The molecule has 48 heavy (non-hydrogen) atoms. The van der Waals surface area contributed by atoms with Gasteiger partial charge in [0.25, 0.3) is 5.78 Å². The predicted molar refractivity (Wildman–Crippen MR) is 186 cm³/mol. The molecule has 0 fully saturated rings. The Morgan fingerprint density at radius 2 is 1.42 bits per heavy atom. The summed E-state index contributed by atoms with van der Waals surface area (Å²) in [4.78, 5) is 16.6. The van der Waals surface area contributed by atoms with E-state index in [1.165, 1.54) is 28.3 Å². The van der Waals surface area contributed by atoms with E-state index in [9.17, 15) is 18.0 Å². The SMILES string of the molecule is O=C(c1cccc(-c2ccc3c(c2)c2ccc4c5ccccc5sc4c2n3-c2ccc(-c3cnc4cnncc4c3)cc2)c1)C(F)(F)F. The standard InChI is InChI=1S/C39H21F3N4OS/c40-39(41,42)38(47)25-5-3-4-23(16-25)24-10-15-34-32(18-24)30-13-14-31-29-6-1-2-7-35(29)48-37(31)36(30)46(34)28-11-8-22(9-12-28)26-17-27-20-44-45-21-33(27)43-19-26/h1-21H. The highest BCUT2D eigenvalue weighted by Gasteiger charge is 2.39. The number of carbonyl (C=O) groups is 1. The van der Waals surface area contributed by atoms with Gasteiger partial charge in [0.1, 0.15) is 0 Å². The van der Waals surface area contributed by atoms with Gasteiger partial charge in [0.05, 0.1) is 33.6 Å². The van der Waals surface area contributed by atoms with Crippen molar-refractivity contribution >= 4 is 70.0 Å². The molecule has 4 heterocycles. The van der Waals surface area contributed by atoms with Crippen molar-refractivity contribution in [2.45, 2.75) is 6.18 Å². The van der Waals surface area contributed by atoms with E-state index < -0.39 is 12.0 Å². The largest absolute Gasteiger partial charge is 0.454 e. The van der Waals surface area contributed by atoms with Crippen molar-refractivity contribution in [1.82, 2.24) is 19.7 Å². The number of thiophene rings is 1. The van der Waals surface area contributed by atoms with Crippen molar-refractivity contribution in [2.24, 2.45) is 0 Å². The van der Waals surface area contributed by atoms with E-state index in [0.29, 0.717) is 5.56 Å². The maximum atomic E-state index is 13.2. The van der Waals surface area contributed by atoms with Crippen LogP contribution >= 0.6 is 11.3 Å². The lowest BCUT2D eigenvalue weighted by Crippen LogP contribution is -2.22. The summed E-state index contributed by atoms with van der Waals surface area (Å²) in [6.07, 6.45) is 0.232. The summed E-state index contributed by atoms with van der Waals surface area (Å²) >= 11 is 1.74. The summed E-state index contributed by atoms with van der Waals surface area (Å²) in [6.45, 7) is 0. The molecule has 0 aliphatic carbocycles. The van der Waals surface area contributed by atoms with E-state index in [1.54, 1.807) is 29.8 Å². The Morgan fingerprint density at radius 1 is 0.646 bits per heavy atom. The second-order valence-corrected chi connectivity index (χ2v) is 12.7. The highest BCUT2D eigenvalue weighted by atomic mass is 32.1. The van der Waals surface area contributed by atoms with E-state index >= 15 is 0 Å². The number of Topliss-reactive ketones (excluding diaryl/α,β-unsaturated/α-hetero) is 1. The first-order valence-electron chi connectivity index (χ1n) is 15.1. The number of nitrogens with zero attached hydrogens (tertiary/aromatic N) is 4. The lowest BCUT2D eigenvalue weighted by atomic mass is 9.99. The van der Waals surface area contributed by atoms with Crippen molar-refractivity contribution in [2.75, 3.05) is 0 Å². The van der Waals surface area contributed by atoms with Crippen LogP contribution in [0.25, 0.3) is 80.8 Å². The minimum atomic E-state index is -4.94. The molecule has 0 amide bonds. The smallest absolute Gasteiger partial charge is 0.308 e. The van der Waals surface area contributed by atoms with Crippen LogP contribution in [0, 0.1) is 0 Å². The van der Waals surface area contributed by atoms with Crippen molar-refractivity contribution in [1.29, 1.82) is 0 Å². The fraction of sp³-hybridized carbons (Fsp3) is 0.0256. The number of aromatic nitrogens is 4. The zero-order valence-electron chi connectivity index (χ0n) is 24.9. The molecule has 9 heteroatoms. The predicted octanol–water partition coefficient (Wildman–Crippen LogP) is 10.6. The van der Waals surface area contributed by atoms with Gasteiger partial charge in [0.15, 0.2) is 0 Å². The van der Waals surface area contributed by atoms with Gasteiger partial charge in [-0.2, -0.15) is 23.4 Å². The van der Waals surface area contributed by atoms with Gasteiger partial charge in [-0.25, -0.2) is 0 Å². The monoisotopic (exact) mass is 650 g/mol. The molecule has 0 N–H and O–H groups in total. The number of carbonyl (C=O) groups excluding carboxylic acids is 1. The maximum Gasteiger partial charge on any atom is 0.454 e. The normalized spacial score (nSPS) is 12.1. The van der Waals surface area contributed by atoms with E-state index in [2.05, 4.69) is 68.3 Å². The van der Waals surface area contributed by atoms with Gasteiger partial charge >= 0.3 is 6.18 Å². The van der Waals surface area contributed by atoms with Gasteiger partial charge in [0, 0.05) is 54.6 Å². The van der Waals surface area contributed by atoms with Crippen LogP contribution in [0.3, 0.4) is 0 Å². The molecule has 5 aromatic carbocycles. The van der Waals surface area contributed by atoms with E-state index in [4.69, 9.17) is 0 Å². The summed E-state index contributed by atoms with van der Waals surface area (Å²) in [5.74, 6) is -1.86. The topological polar surface area (TPSA) is 60.7 Å². The summed E-state index contributed by atoms with van der Waals surface area (Å²) < 4.78 is 44.3. The highest BCUT2D eigenvalue weighted by molar-refractivity contribution is 7.26. The maximum absolute atomic E-state index is 13.2. The summed E-state index contributed by atoms with van der Waals surface area (Å²) in [5, 5.41) is 13.1. The molecule has 5 nitrogen and oxygen atoms in total. The van der Waals surface area contributed by atoms with Crippen LogP contribution in [-0.2, 0) is 0 Å². The molecule has 0 aliphatic heterocycles. The molecule has 0 atom stereocenters. The third-order valence-corrected chi connectivity index (χ3v) is 10.0. The van der Waals surface area contributed by atoms with Crippen molar-refractivity contribution in [3.63, 3.8) is 0 Å².